The molecule has 0 fully saturated rings. The van der Waals surface area contributed by atoms with E-state index in [9.17, 15) is 14.9 Å². The number of nitrogens with one attached hydrogen (secondary N) is 1. The number of nitro groups is 1. The monoisotopic (exact) mass is 429 g/mol. The van der Waals surface area contributed by atoms with Gasteiger partial charge in [-0.1, -0.05) is 31.5 Å². The lowest BCUT2D eigenvalue weighted by Crippen LogP contribution is -2.13. The van der Waals surface area contributed by atoms with E-state index >= 15 is 0 Å². The van der Waals surface area contributed by atoms with Gasteiger partial charge in [0.1, 0.15) is 11.0 Å². The number of nitro benzene ring substituents is 1. The van der Waals surface area contributed by atoms with Gasteiger partial charge in [-0.15, -0.1) is 10.2 Å². The lowest BCUT2D eigenvalue weighted by Gasteiger charge is -2.08. The van der Waals surface area contributed by atoms with Crippen LogP contribution in [0.3, 0.4) is 0 Å². The number of aryl methyl sites for hydroxylation is 2. The summed E-state index contributed by atoms with van der Waals surface area (Å²) >= 11 is 0. The number of nitrogens with zero attached hydrogens (tertiary/aromatic N) is 4. The van der Waals surface area contributed by atoms with E-state index < -0.39 is 10.8 Å². The molecule has 162 valence electrons. The van der Waals surface area contributed by atoms with Crippen LogP contribution in [0.25, 0.3) is 16.7 Å². The van der Waals surface area contributed by atoms with Crippen LogP contribution in [0.1, 0.15) is 41.3 Å². The molecule has 0 aliphatic heterocycles. The van der Waals surface area contributed by atoms with Gasteiger partial charge in [0.05, 0.1) is 10.6 Å². The van der Waals surface area contributed by atoms with Crippen molar-refractivity contribution in [1.29, 1.82) is 0 Å². The van der Waals surface area contributed by atoms with Gasteiger partial charge in [-0.25, -0.2) is 0 Å². The third-order valence-electron chi connectivity index (χ3n) is 5.28. The van der Waals surface area contributed by atoms with E-state index in [4.69, 9.17) is 0 Å². The normalized spacial score (nSPS) is 10.9. The first-order valence-corrected chi connectivity index (χ1v) is 10.5. The van der Waals surface area contributed by atoms with E-state index in [1.165, 1.54) is 29.8 Å². The fourth-order valence-electron chi connectivity index (χ4n) is 3.45. The van der Waals surface area contributed by atoms with Crippen LogP contribution >= 0.6 is 0 Å². The van der Waals surface area contributed by atoms with Crippen LogP contribution in [0.15, 0.2) is 60.7 Å². The van der Waals surface area contributed by atoms with Crippen LogP contribution in [0, 0.1) is 17.0 Å². The lowest BCUT2D eigenvalue weighted by molar-refractivity contribution is -0.384. The highest BCUT2D eigenvalue weighted by atomic mass is 16.6. The molecule has 0 saturated heterocycles. The van der Waals surface area contributed by atoms with Gasteiger partial charge < -0.3 is 5.32 Å². The Kier molecular flexibility index (Phi) is 5.93. The molecular weight excluding hydrogens is 406 g/mol. The predicted molar refractivity (Wildman–Crippen MR) is 123 cm³/mol. The molecule has 0 saturated carbocycles. The molecule has 1 heterocycles. The summed E-state index contributed by atoms with van der Waals surface area (Å²) in [5.74, 6) is -0.425. The summed E-state index contributed by atoms with van der Waals surface area (Å²) in [6.07, 6.45) is 3.37. The number of carbonyl (C=O) groups excluding carboxylic acids is 1. The zero-order valence-corrected chi connectivity index (χ0v) is 17.9. The lowest BCUT2D eigenvalue weighted by atomic mass is 10.1. The number of hydrogen-bond acceptors (Lipinski definition) is 5. The number of fused-ring (bicyclic) bond motifs is 1. The van der Waals surface area contributed by atoms with Gasteiger partial charge in [0.15, 0.2) is 0 Å². The summed E-state index contributed by atoms with van der Waals surface area (Å²) in [6.45, 7) is 4.04. The molecule has 1 aromatic heterocycles. The molecule has 32 heavy (non-hydrogen) atoms. The average molecular weight is 429 g/mol. The Hall–Kier alpha value is -4.07. The van der Waals surface area contributed by atoms with E-state index in [1.807, 2.05) is 25.1 Å². The maximum Gasteiger partial charge on any atom is 0.270 e. The van der Waals surface area contributed by atoms with Gasteiger partial charge in [0, 0.05) is 23.4 Å². The van der Waals surface area contributed by atoms with Crippen molar-refractivity contribution in [3.05, 3.63) is 87.5 Å². The molecule has 0 aliphatic rings. The minimum atomic E-state index is -0.525. The molecule has 1 amide bonds. The maximum absolute atomic E-state index is 12.6. The Bertz CT molecular complexity index is 1290. The van der Waals surface area contributed by atoms with E-state index in [0.29, 0.717) is 16.7 Å². The highest BCUT2D eigenvalue weighted by molar-refractivity contribution is 6.05. The molecule has 4 aromatic rings. The van der Waals surface area contributed by atoms with Gasteiger partial charge in [0.2, 0.25) is 0 Å². The van der Waals surface area contributed by atoms with Gasteiger partial charge in [-0.05, 0) is 61.2 Å². The Morgan fingerprint density at radius 2 is 1.78 bits per heavy atom. The minimum Gasteiger partial charge on any atom is -0.322 e. The summed E-state index contributed by atoms with van der Waals surface area (Å²) in [4.78, 5) is 24.7. The Morgan fingerprint density at radius 1 is 1.06 bits per heavy atom. The third-order valence-corrected chi connectivity index (χ3v) is 5.28. The first-order valence-electron chi connectivity index (χ1n) is 10.5. The highest BCUT2D eigenvalue weighted by Gasteiger charge is 2.14. The number of benzene rings is 3. The zero-order valence-electron chi connectivity index (χ0n) is 17.9. The SMILES string of the molecule is CCCCc1ccc(-n2nc3cc(C)c(NC(=O)c4cccc([N+](=O)[O-])c4)cc3n2)cc1. The molecule has 8 nitrogen and oxygen atoms in total. The van der Waals surface area contributed by atoms with Crippen LogP contribution in [0.5, 0.6) is 0 Å². The number of anilines is 1. The Morgan fingerprint density at radius 3 is 2.47 bits per heavy atom. The number of carbonyl (C=O) groups is 1. The Labute approximate surface area is 185 Å². The minimum absolute atomic E-state index is 0.131. The summed E-state index contributed by atoms with van der Waals surface area (Å²) in [7, 11) is 0. The molecule has 4 rings (SSSR count). The first kappa shape index (κ1) is 21.2. The molecule has 8 heteroatoms. The van der Waals surface area contributed by atoms with Crippen molar-refractivity contribution < 1.29 is 9.72 Å². The van der Waals surface area contributed by atoms with Gasteiger partial charge in [0.25, 0.3) is 11.6 Å². The van der Waals surface area contributed by atoms with Crippen molar-refractivity contribution >= 4 is 28.3 Å². The van der Waals surface area contributed by atoms with Crippen LogP contribution in [0.4, 0.5) is 11.4 Å². The largest absolute Gasteiger partial charge is 0.322 e. The van der Waals surface area contributed by atoms with Crippen molar-refractivity contribution in [2.45, 2.75) is 33.1 Å². The topological polar surface area (TPSA) is 103 Å². The first-order chi connectivity index (χ1) is 15.4. The average Bonchev–Trinajstić information content (AvgIpc) is 3.21. The summed E-state index contributed by atoms with van der Waals surface area (Å²) in [5, 5.41) is 22.9. The van der Waals surface area contributed by atoms with Crippen LogP contribution in [0.2, 0.25) is 0 Å². The van der Waals surface area contributed by atoms with Crippen molar-refractivity contribution in [3.8, 4) is 5.69 Å². The van der Waals surface area contributed by atoms with E-state index in [0.717, 1.165) is 30.5 Å². The molecule has 3 aromatic carbocycles. The number of amides is 1. The van der Waals surface area contributed by atoms with E-state index in [1.54, 1.807) is 10.9 Å². The maximum atomic E-state index is 12.6. The second-order valence-electron chi connectivity index (χ2n) is 7.68. The smallest absolute Gasteiger partial charge is 0.270 e. The number of non-ortho nitro benzene ring substituents is 1. The van der Waals surface area contributed by atoms with Gasteiger partial charge in [-0.3, -0.25) is 14.9 Å². The standard InChI is InChI=1S/C24H23N5O3/c1-3-4-6-17-9-11-19(12-10-17)28-26-22-13-16(2)21(15-23(22)27-28)25-24(30)18-7-5-8-20(14-18)29(31)32/h5,7-15H,3-4,6H2,1-2H3,(H,25,30). The highest BCUT2D eigenvalue weighted by Crippen LogP contribution is 2.23. The van der Waals surface area contributed by atoms with E-state index in [-0.39, 0.29) is 11.3 Å². The molecule has 1 N–H and O–H groups in total. The van der Waals surface area contributed by atoms with Crippen LogP contribution in [-0.4, -0.2) is 25.8 Å². The van der Waals surface area contributed by atoms with Crippen LogP contribution in [-0.2, 0) is 6.42 Å². The molecular formula is C24H23N5O3. The van der Waals surface area contributed by atoms with E-state index in [2.05, 4.69) is 34.6 Å². The van der Waals surface area contributed by atoms with Crippen LogP contribution < -0.4 is 5.32 Å². The molecule has 0 radical (unpaired) electrons. The predicted octanol–water partition coefficient (Wildman–Crippen LogP) is 5.23. The summed E-state index contributed by atoms with van der Waals surface area (Å²) < 4.78 is 0. The number of aromatic nitrogens is 3. The molecule has 0 aliphatic carbocycles. The van der Waals surface area contributed by atoms with Crippen molar-refractivity contribution in [2.24, 2.45) is 0 Å². The molecule has 0 spiro atoms. The second kappa shape index (κ2) is 8.97. The molecule has 0 bridgehead atoms. The number of rotatable bonds is 7. The van der Waals surface area contributed by atoms with Crippen molar-refractivity contribution in [2.75, 3.05) is 5.32 Å². The fourth-order valence-corrected chi connectivity index (χ4v) is 3.45. The number of hydrogen-bond donors (Lipinski definition) is 1. The third kappa shape index (κ3) is 4.49. The van der Waals surface area contributed by atoms with Gasteiger partial charge in [-0.2, -0.15) is 4.80 Å². The van der Waals surface area contributed by atoms with Crippen molar-refractivity contribution in [3.63, 3.8) is 0 Å². The Balaban J connectivity index is 1.58. The quantitative estimate of drug-likeness (QED) is 0.320. The molecule has 0 atom stereocenters. The summed E-state index contributed by atoms with van der Waals surface area (Å²) in [5.41, 5.74) is 4.98. The van der Waals surface area contributed by atoms with Gasteiger partial charge >= 0.3 is 0 Å². The molecule has 0 unspecified atom stereocenters. The summed E-state index contributed by atoms with van der Waals surface area (Å²) in [6, 6.07) is 17.4. The number of unbranched alkanes of at least 4 members (excludes halogenated alkanes) is 1. The second-order valence-corrected chi connectivity index (χ2v) is 7.68. The fraction of sp³-hybridized carbons (Fsp3) is 0.208. The van der Waals surface area contributed by atoms with Crippen molar-refractivity contribution in [1.82, 2.24) is 15.0 Å². The zero-order chi connectivity index (χ0) is 22.7.